The molecule has 0 radical (unpaired) electrons. The first-order valence-electron chi connectivity index (χ1n) is 7.25. The predicted molar refractivity (Wildman–Crippen MR) is 80.6 cm³/mol. The molecule has 1 aromatic carbocycles. The van der Waals surface area contributed by atoms with Gasteiger partial charge in [-0.1, -0.05) is 13.8 Å². The molecule has 21 heavy (non-hydrogen) atoms. The number of benzene rings is 1. The molecule has 3 N–H and O–H groups in total. The molecule has 0 aliphatic heterocycles. The SMILES string of the molecule is CCOC1CC(NC(=O)c2cc(N)c(C)c(F)c2)C1(C)C. The number of amides is 1. The van der Waals surface area contributed by atoms with E-state index in [0.717, 1.165) is 6.42 Å². The number of halogens is 1. The van der Waals surface area contributed by atoms with Crippen molar-refractivity contribution in [2.75, 3.05) is 12.3 Å². The van der Waals surface area contributed by atoms with Crippen LogP contribution in [0.4, 0.5) is 10.1 Å². The Hall–Kier alpha value is -1.62. The first-order chi connectivity index (χ1) is 9.77. The van der Waals surface area contributed by atoms with Gasteiger partial charge in [-0.15, -0.1) is 0 Å². The Bertz CT molecular complexity index is 534. The van der Waals surface area contributed by atoms with E-state index in [9.17, 15) is 9.18 Å². The van der Waals surface area contributed by atoms with Crippen molar-refractivity contribution in [1.29, 1.82) is 0 Å². The highest BCUT2D eigenvalue weighted by atomic mass is 19.1. The molecule has 1 amide bonds. The summed E-state index contributed by atoms with van der Waals surface area (Å²) >= 11 is 0. The van der Waals surface area contributed by atoms with Gasteiger partial charge in [-0.2, -0.15) is 0 Å². The normalized spacial score (nSPS) is 23.5. The van der Waals surface area contributed by atoms with E-state index < -0.39 is 5.82 Å². The first-order valence-corrected chi connectivity index (χ1v) is 7.25. The molecule has 2 rings (SSSR count). The topological polar surface area (TPSA) is 64.3 Å². The van der Waals surface area contributed by atoms with Crippen molar-refractivity contribution < 1.29 is 13.9 Å². The third-order valence-electron chi connectivity index (χ3n) is 4.50. The van der Waals surface area contributed by atoms with Gasteiger partial charge >= 0.3 is 0 Å². The molecule has 0 spiro atoms. The summed E-state index contributed by atoms with van der Waals surface area (Å²) in [6, 6.07) is 2.76. The van der Waals surface area contributed by atoms with Crippen LogP contribution in [0.5, 0.6) is 0 Å². The van der Waals surface area contributed by atoms with Crippen LogP contribution in [0, 0.1) is 18.2 Å². The zero-order valence-electron chi connectivity index (χ0n) is 13.0. The average molecular weight is 294 g/mol. The van der Waals surface area contributed by atoms with E-state index in [1.807, 2.05) is 6.92 Å². The molecule has 5 heteroatoms. The molecule has 0 heterocycles. The van der Waals surface area contributed by atoms with Gasteiger partial charge in [0.1, 0.15) is 5.82 Å². The molecule has 1 aliphatic carbocycles. The van der Waals surface area contributed by atoms with E-state index in [-0.39, 0.29) is 29.0 Å². The lowest BCUT2D eigenvalue weighted by Gasteiger charge is -2.51. The van der Waals surface area contributed by atoms with Crippen molar-refractivity contribution in [3.63, 3.8) is 0 Å². The molecule has 1 aromatic rings. The van der Waals surface area contributed by atoms with Crippen LogP contribution >= 0.6 is 0 Å². The number of nitrogens with two attached hydrogens (primary N) is 1. The highest BCUT2D eigenvalue weighted by molar-refractivity contribution is 5.95. The van der Waals surface area contributed by atoms with Gasteiger partial charge in [0.15, 0.2) is 0 Å². The van der Waals surface area contributed by atoms with E-state index in [0.29, 0.717) is 17.9 Å². The summed E-state index contributed by atoms with van der Waals surface area (Å²) in [6.07, 6.45) is 0.920. The second kappa shape index (κ2) is 5.64. The Morgan fingerprint density at radius 3 is 2.71 bits per heavy atom. The molecular weight excluding hydrogens is 271 g/mol. The third-order valence-corrected chi connectivity index (χ3v) is 4.50. The largest absolute Gasteiger partial charge is 0.398 e. The van der Waals surface area contributed by atoms with Crippen molar-refractivity contribution in [2.45, 2.75) is 46.3 Å². The number of rotatable bonds is 4. The van der Waals surface area contributed by atoms with Gasteiger partial charge in [0.05, 0.1) is 6.10 Å². The predicted octanol–water partition coefficient (Wildman–Crippen LogP) is 2.65. The summed E-state index contributed by atoms with van der Waals surface area (Å²) in [5.74, 6) is -0.756. The second-order valence-electron chi connectivity index (χ2n) is 6.20. The monoisotopic (exact) mass is 294 g/mol. The molecule has 1 aliphatic rings. The van der Waals surface area contributed by atoms with Gasteiger partial charge in [-0.25, -0.2) is 4.39 Å². The summed E-state index contributed by atoms with van der Waals surface area (Å²) in [5.41, 5.74) is 6.50. The molecule has 2 atom stereocenters. The standard InChI is InChI=1S/C16H23FN2O2/c1-5-21-14-8-13(16(14,3)4)19-15(20)10-6-11(17)9(2)12(18)7-10/h6-7,13-14H,5,8,18H2,1-4H3,(H,19,20). The number of anilines is 1. The van der Waals surface area contributed by atoms with Crippen LogP contribution in [0.2, 0.25) is 0 Å². The van der Waals surface area contributed by atoms with Crippen molar-refractivity contribution in [2.24, 2.45) is 5.41 Å². The van der Waals surface area contributed by atoms with E-state index in [4.69, 9.17) is 10.5 Å². The van der Waals surface area contributed by atoms with E-state index in [2.05, 4.69) is 19.2 Å². The van der Waals surface area contributed by atoms with Crippen LogP contribution in [-0.2, 0) is 4.74 Å². The highest BCUT2D eigenvalue weighted by Gasteiger charge is 2.49. The Kier molecular flexibility index (Phi) is 4.23. The summed E-state index contributed by atoms with van der Waals surface area (Å²) in [6.45, 7) is 8.33. The van der Waals surface area contributed by atoms with Crippen LogP contribution in [0.3, 0.4) is 0 Å². The van der Waals surface area contributed by atoms with Gasteiger partial charge in [-0.05, 0) is 32.4 Å². The number of nitrogens with one attached hydrogen (secondary N) is 1. The van der Waals surface area contributed by atoms with Crippen LogP contribution in [0.25, 0.3) is 0 Å². The minimum atomic E-state index is -0.458. The highest BCUT2D eigenvalue weighted by Crippen LogP contribution is 2.42. The van der Waals surface area contributed by atoms with Crippen LogP contribution < -0.4 is 11.1 Å². The van der Waals surface area contributed by atoms with Crippen LogP contribution in [0.1, 0.15) is 43.1 Å². The molecule has 0 saturated heterocycles. The quantitative estimate of drug-likeness (QED) is 0.839. The third kappa shape index (κ3) is 2.88. The molecule has 2 unspecified atom stereocenters. The Balaban J connectivity index is 2.07. The molecular formula is C16H23FN2O2. The fourth-order valence-electron chi connectivity index (χ4n) is 2.69. The fourth-order valence-corrected chi connectivity index (χ4v) is 2.69. The van der Waals surface area contributed by atoms with Gasteiger partial charge in [0.25, 0.3) is 5.91 Å². The Labute approximate surface area is 124 Å². The van der Waals surface area contributed by atoms with Crippen molar-refractivity contribution in [3.05, 3.63) is 29.1 Å². The summed E-state index contributed by atoms with van der Waals surface area (Å²) in [5, 5.41) is 2.94. The Morgan fingerprint density at radius 1 is 1.52 bits per heavy atom. The lowest BCUT2D eigenvalue weighted by molar-refractivity contribution is -0.111. The van der Waals surface area contributed by atoms with E-state index in [1.165, 1.54) is 12.1 Å². The van der Waals surface area contributed by atoms with Crippen LogP contribution in [-0.4, -0.2) is 24.7 Å². The Morgan fingerprint density at radius 2 is 2.19 bits per heavy atom. The average Bonchev–Trinajstić information content (AvgIpc) is 2.42. The summed E-state index contributed by atoms with van der Waals surface area (Å²) < 4.78 is 19.3. The summed E-state index contributed by atoms with van der Waals surface area (Å²) in [7, 11) is 0. The first kappa shape index (κ1) is 15.8. The maximum absolute atomic E-state index is 13.7. The lowest BCUT2D eigenvalue weighted by Crippen LogP contribution is -2.62. The van der Waals surface area contributed by atoms with Gasteiger partial charge < -0.3 is 15.8 Å². The van der Waals surface area contributed by atoms with Gasteiger partial charge in [-0.3, -0.25) is 4.79 Å². The smallest absolute Gasteiger partial charge is 0.251 e. The summed E-state index contributed by atoms with van der Waals surface area (Å²) in [4.78, 5) is 12.2. The van der Waals surface area contributed by atoms with E-state index in [1.54, 1.807) is 6.92 Å². The maximum atomic E-state index is 13.7. The number of ether oxygens (including phenoxy) is 1. The van der Waals surface area contributed by atoms with Crippen molar-refractivity contribution >= 4 is 11.6 Å². The van der Waals surface area contributed by atoms with Crippen molar-refractivity contribution in [3.8, 4) is 0 Å². The zero-order valence-corrected chi connectivity index (χ0v) is 13.0. The molecule has 0 aromatic heterocycles. The van der Waals surface area contributed by atoms with E-state index >= 15 is 0 Å². The number of carbonyl (C=O) groups excluding carboxylic acids is 1. The number of hydrogen-bond donors (Lipinski definition) is 2. The molecule has 1 saturated carbocycles. The maximum Gasteiger partial charge on any atom is 0.251 e. The van der Waals surface area contributed by atoms with Gasteiger partial charge in [0.2, 0.25) is 0 Å². The molecule has 0 bridgehead atoms. The zero-order chi connectivity index (χ0) is 15.8. The number of hydrogen-bond acceptors (Lipinski definition) is 3. The fraction of sp³-hybridized carbons (Fsp3) is 0.562. The second-order valence-corrected chi connectivity index (χ2v) is 6.20. The number of carbonyl (C=O) groups is 1. The molecule has 116 valence electrons. The number of nitrogen functional groups attached to an aromatic ring is 1. The van der Waals surface area contributed by atoms with Crippen molar-refractivity contribution in [1.82, 2.24) is 5.32 Å². The van der Waals surface area contributed by atoms with Crippen LogP contribution in [0.15, 0.2) is 12.1 Å². The minimum Gasteiger partial charge on any atom is -0.398 e. The lowest BCUT2D eigenvalue weighted by atomic mass is 9.64. The van der Waals surface area contributed by atoms with Gasteiger partial charge in [0, 0.05) is 34.9 Å². The molecule has 1 fully saturated rings. The minimum absolute atomic E-state index is 0.0205. The molecule has 4 nitrogen and oxygen atoms in total.